The van der Waals surface area contributed by atoms with Crippen LogP contribution in [0.3, 0.4) is 0 Å². The van der Waals surface area contributed by atoms with Gasteiger partial charge < -0.3 is 9.47 Å². The number of hydrogen-bond acceptors (Lipinski definition) is 5. The number of carbonyl (C=O) groups is 1. The van der Waals surface area contributed by atoms with Crippen LogP contribution in [0.2, 0.25) is 0 Å². The lowest BCUT2D eigenvalue weighted by molar-refractivity contribution is -0.274. The second-order valence-corrected chi connectivity index (χ2v) is 7.77. The quantitative estimate of drug-likeness (QED) is 0.571. The Morgan fingerprint density at radius 3 is 2.17 bits per heavy atom. The van der Waals surface area contributed by atoms with Crippen molar-refractivity contribution in [2.45, 2.75) is 18.2 Å². The fourth-order valence-corrected chi connectivity index (χ4v) is 3.64. The van der Waals surface area contributed by atoms with E-state index in [9.17, 15) is 35.2 Å². The molecule has 0 radical (unpaired) electrons. The zero-order chi connectivity index (χ0) is 22.4. The fourth-order valence-electron chi connectivity index (χ4n) is 2.98. The van der Waals surface area contributed by atoms with E-state index >= 15 is 0 Å². The van der Waals surface area contributed by atoms with Crippen molar-refractivity contribution in [3.05, 3.63) is 58.7 Å². The summed E-state index contributed by atoms with van der Waals surface area (Å²) in [6.45, 7) is 0.924. The van der Waals surface area contributed by atoms with Crippen molar-refractivity contribution in [3.63, 3.8) is 0 Å². The molecule has 1 aliphatic rings. The third-order valence-electron chi connectivity index (χ3n) is 4.17. The Labute approximate surface area is 166 Å². The maximum atomic E-state index is 14.2. The third kappa shape index (κ3) is 4.28. The number of ether oxygens (including phenoxy) is 2. The molecule has 0 saturated heterocycles. The van der Waals surface area contributed by atoms with Gasteiger partial charge in [0.2, 0.25) is 10.0 Å². The Morgan fingerprint density at radius 1 is 1.07 bits per heavy atom. The zero-order valence-corrected chi connectivity index (χ0v) is 15.8. The largest absolute Gasteiger partial charge is 0.573 e. The summed E-state index contributed by atoms with van der Waals surface area (Å²) in [7, 11) is -4.68. The predicted octanol–water partition coefficient (Wildman–Crippen LogP) is 3.29. The van der Waals surface area contributed by atoms with E-state index < -0.39 is 44.6 Å². The number of alkyl halides is 3. The van der Waals surface area contributed by atoms with Gasteiger partial charge in [-0.15, -0.1) is 13.2 Å². The number of esters is 1. The molecular formula is C18H12F5NO5S. The maximum absolute atomic E-state index is 14.2. The number of nitrogens with two attached hydrogens (primary N) is 1. The molecule has 160 valence electrons. The molecule has 0 spiro atoms. The van der Waals surface area contributed by atoms with Crippen LogP contribution in [-0.4, -0.2) is 27.4 Å². The predicted molar refractivity (Wildman–Crippen MR) is 93.4 cm³/mol. The highest BCUT2D eigenvalue weighted by Crippen LogP contribution is 2.36. The second-order valence-electron chi connectivity index (χ2n) is 6.27. The van der Waals surface area contributed by atoms with Crippen LogP contribution in [0.25, 0.3) is 11.1 Å². The van der Waals surface area contributed by atoms with Crippen LogP contribution in [0.15, 0.2) is 35.2 Å². The highest BCUT2D eigenvalue weighted by molar-refractivity contribution is 7.89. The van der Waals surface area contributed by atoms with Gasteiger partial charge in [0.05, 0.1) is 5.57 Å². The number of halogens is 5. The van der Waals surface area contributed by atoms with Crippen LogP contribution < -0.4 is 9.88 Å². The molecule has 2 N–H and O–H groups in total. The summed E-state index contributed by atoms with van der Waals surface area (Å²) in [4.78, 5) is 10.9. The lowest BCUT2D eigenvalue weighted by Crippen LogP contribution is -2.17. The highest BCUT2D eigenvalue weighted by atomic mass is 32.2. The molecule has 2 aromatic rings. The molecule has 2 aromatic carbocycles. The van der Waals surface area contributed by atoms with E-state index in [0.717, 1.165) is 12.1 Å². The normalized spacial score (nSPS) is 14.8. The molecule has 0 atom stereocenters. The number of benzene rings is 2. The van der Waals surface area contributed by atoms with Gasteiger partial charge in [-0.05, 0) is 47.9 Å². The van der Waals surface area contributed by atoms with Gasteiger partial charge in [-0.1, -0.05) is 6.07 Å². The van der Waals surface area contributed by atoms with Gasteiger partial charge in [0, 0.05) is 5.57 Å². The molecule has 3 rings (SSSR count). The van der Waals surface area contributed by atoms with Crippen molar-refractivity contribution in [1.82, 2.24) is 0 Å². The van der Waals surface area contributed by atoms with Gasteiger partial charge >= 0.3 is 12.3 Å². The molecule has 1 aliphatic heterocycles. The number of aryl methyl sites for hydroxylation is 1. The second kappa shape index (κ2) is 7.36. The summed E-state index contributed by atoms with van der Waals surface area (Å²) < 4.78 is 97.1. The van der Waals surface area contributed by atoms with Crippen LogP contribution in [0.4, 0.5) is 22.0 Å². The van der Waals surface area contributed by atoms with E-state index in [0.29, 0.717) is 12.1 Å². The number of rotatable bonds is 4. The minimum Gasteiger partial charge on any atom is -0.457 e. The van der Waals surface area contributed by atoms with Crippen LogP contribution >= 0.6 is 0 Å². The Kier molecular flexibility index (Phi) is 5.33. The third-order valence-corrected chi connectivity index (χ3v) is 5.13. The van der Waals surface area contributed by atoms with Crippen molar-refractivity contribution in [2.75, 3.05) is 6.61 Å². The number of hydrogen-bond donors (Lipinski definition) is 1. The van der Waals surface area contributed by atoms with E-state index in [1.165, 1.54) is 13.0 Å². The Hall–Kier alpha value is -2.99. The van der Waals surface area contributed by atoms with Crippen molar-refractivity contribution >= 4 is 27.1 Å². The van der Waals surface area contributed by atoms with E-state index in [2.05, 4.69) is 4.74 Å². The molecule has 6 nitrogen and oxygen atoms in total. The van der Waals surface area contributed by atoms with Crippen molar-refractivity contribution in [3.8, 4) is 5.75 Å². The molecular weight excluding hydrogens is 437 g/mol. The summed E-state index contributed by atoms with van der Waals surface area (Å²) in [5.41, 5.74) is -0.151. The first-order chi connectivity index (χ1) is 13.8. The zero-order valence-electron chi connectivity index (χ0n) is 15.0. The van der Waals surface area contributed by atoms with Gasteiger partial charge in [0.15, 0.2) is 4.90 Å². The molecule has 0 aromatic heterocycles. The van der Waals surface area contributed by atoms with E-state index in [4.69, 9.17) is 9.88 Å². The Bertz CT molecular complexity index is 1160. The summed E-state index contributed by atoms with van der Waals surface area (Å²) in [6.07, 6.45) is -4.91. The van der Waals surface area contributed by atoms with Crippen LogP contribution in [0, 0.1) is 18.6 Å². The van der Waals surface area contributed by atoms with E-state index in [1.807, 2.05) is 0 Å². The smallest absolute Gasteiger partial charge is 0.457 e. The number of cyclic esters (lactones) is 1. The minimum atomic E-state index is -4.91. The monoisotopic (exact) mass is 449 g/mol. The van der Waals surface area contributed by atoms with Crippen molar-refractivity contribution < 1.29 is 44.6 Å². The highest BCUT2D eigenvalue weighted by Gasteiger charge is 2.33. The number of carbonyl (C=O) groups excluding carboxylic acids is 1. The fraction of sp³-hybridized carbons (Fsp3) is 0.167. The first kappa shape index (κ1) is 21.7. The summed E-state index contributed by atoms with van der Waals surface area (Å²) in [5, 5.41) is 4.79. The molecule has 0 bridgehead atoms. The molecule has 0 unspecified atom stereocenters. The lowest BCUT2D eigenvalue weighted by Gasteiger charge is -2.13. The van der Waals surface area contributed by atoms with Crippen LogP contribution in [0.1, 0.15) is 16.7 Å². The number of primary sulfonamides is 1. The van der Waals surface area contributed by atoms with Gasteiger partial charge in [0.1, 0.15) is 24.0 Å². The summed E-state index contributed by atoms with van der Waals surface area (Å²) in [5.74, 6) is -4.30. The molecule has 30 heavy (non-hydrogen) atoms. The van der Waals surface area contributed by atoms with Crippen LogP contribution in [0.5, 0.6) is 5.75 Å². The minimum absolute atomic E-state index is 0.0164. The summed E-state index contributed by atoms with van der Waals surface area (Å²) >= 11 is 0. The van der Waals surface area contributed by atoms with E-state index in [1.54, 1.807) is 0 Å². The van der Waals surface area contributed by atoms with Crippen molar-refractivity contribution in [1.29, 1.82) is 0 Å². The van der Waals surface area contributed by atoms with Crippen LogP contribution in [-0.2, 0) is 19.6 Å². The number of sulfonamides is 1. The standard InChI is InChI=1S/C18H12F5NO5S/c1-8-4-9(2-3-14(8)29-18(21,22)23)15-11(7-28-17(15)25)10-5-12(19)16(13(20)6-10)30(24,26)27/h2-6H,7H2,1H3,(H2,24,26,27). The molecule has 12 heteroatoms. The Balaban J connectivity index is 2.12. The lowest BCUT2D eigenvalue weighted by atomic mass is 9.95. The first-order valence-corrected chi connectivity index (χ1v) is 9.62. The van der Waals surface area contributed by atoms with Gasteiger partial charge in [0.25, 0.3) is 0 Å². The first-order valence-electron chi connectivity index (χ1n) is 8.07. The van der Waals surface area contributed by atoms with Gasteiger partial charge in [-0.3, -0.25) is 0 Å². The van der Waals surface area contributed by atoms with Gasteiger partial charge in [-0.2, -0.15) is 0 Å². The molecule has 0 saturated carbocycles. The molecule has 0 aliphatic carbocycles. The maximum Gasteiger partial charge on any atom is 0.573 e. The molecule has 0 fully saturated rings. The molecule has 0 amide bonds. The molecule has 1 heterocycles. The van der Waals surface area contributed by atoms with Gasteiger partial charge in [-0.25, -0.2) is 27.1 Å². The Morgan fingerprint density at radius 2 is 1.67 bits per heavy atom. The average Bonchev–Trinajstić information content (AvgIpc) is 2.95. The van der Waals surface area contributed by atoms with E-state index in [-0.39, 0.29) is 34.4 Å². The average molecular weight is 449 g/mol. The topological polar surface area (TPSA) is 95.7 Å². The van der Waals surface area contributed by atoms with Crippen molar-refractivity contribution in [2.24, 2.45) is 5.14 Å². The SMILES string of the molecule is Cc1cc(C2=C(c3cc(F)c(S(N)(=O)=O)c(F)c3)COC2=O)ccc1OC(F)(F)F. The summed E-state index contributed by atoms with van der Waals surface area (Å²) in [6, 6.07) is 4.71.